The van der Waals surface area contributed by atoms with Crippen molar-refractivity contribution in [2.24, 2.45) is 0 Å². The van der Waals surface area contributed by atoms with Crippen LogP contribution in [0.25, 0.3) is 0 Å². The number of carbonyl (C=O) groups excluding carboxylic acids is 4. The first-order valence-electron chi connectivity index (χ1n) is 19.1. The zero-order valence-corrected chi connectivity index (χ0v) is 30.9. The number of aliphatic hydroxyl groups excluding tert-OH is 1. The topological polar surface area (TPSA) is 150 Å². The van der Waals surface area contributed by atoms with Gasteiger partial charge in [-0.1, -0.05) is 84.9 Å². The number of alkyl carbamates (subject to hydrolysis) is 1. The van der Waals surface area contributed by atoms with E-state index in [-0.39, 0.29) is 37.7 Å². The molecule has 4 aliphatic heterocycles. The molecule has 4 aromatic carbocycles. The summed E-state index contributed by atoms with van der Waals surface area (Å²) in [6, 6.07) is 32.8. The van der Waals surface area contributed by atoms with Gasteiger partial charge in [-0.15, -0.1) is 0 Å². The van der Waals surface area contributed by atoms with E-state index in [0.717, 1.165) is 40.4 Å². The van der Waals surface area contributed by atoms with Crippen LogP contribution in [0.15, 0.2) is 109 Å². The van der Waals surface area contributed by atoms with Crippen LogP contribution >= 0.6 is 0 Å². The van der Waals surface area contributed by atoms with Crippen molar-refractivity contribution in [1.29, 1.82) is 0 Å². The summed E-state index contributed by atoms with van der Waals surface area (Å²) in [5.41, 5.74) is 4.10. The third-order valence-electron chi connectivity index (χ3n) is 11.2. The van der Waals surface area contributed by atoms with Crippen molar-refractivity contribution >= 4 is 35.2 Å². The molecule has 4 atom stereocenters. The van der Waals surface area contributed by atoms with E-state index >= 15 is 0 Å². The number of imide groups is 1. The zero-order valence-electron chi connectivity index (χ0n) is 30.9. The third kappa shape index (κ3) is 7.76. The fraction of sp³-hybridized carbons (Fsp3) is 0.349. The maximum Gasteiger partial charge on any atom is 0.408 e. The van der Waals surface area contributed by atoms with Crippen LogP contribution in [0.2, 0.25) is 0 Å². The van der Waals surface area contributed by atoms with E-state index in [1.807, 2.05) is 84.9 Å². The molecule has 56 heavy (non-hydrogen) atoms. The van der Waals surface area contributed by atoms with Gasteiger partial charge in [-0.3, -0.25) is 14.4 Å². The Balaban J connectivity index is 0.935. The van der Waals surface area contributed by atoms with E-state index in [1.54, 1.807) is 24.3 Å². The van der Waals surface area contributed by atoms with Crippen LogP contribution in [-0.4, -0.2) is 77.8 Å². The van der Waals surface area contributed by atoms with Gasteiger partial charge in [0.05, 0.1) is 37.6 Å². The molecule has 0 radical (unpaired) electrons. The SMILES string of the molecule is O=C(NC1CC(=O)N(c2ccc([C@H]3O[C@@H](CN4CCC5(CC4)C(=O)NCN5c4ccccc4)C[C@@H](c4ccc(CO)cc4)O3)cc2)C1=O)OCc1ccccc1. The number of benzene rings is 4. The molecule has 4 aliphatic rings. The van der Waals surface area contributed by atoms with Crippen LogP contribution in [0, 0.1) is 0 Å². The average molecular weight is 760 g/mol. The molecule has 4 aromatic rings. The van der Waals surface area contributed by atoms with Crippen LogP contribution in [-0.2, 0) is 41.8 Å². The minimum atomic E-state index is -1.04. The van der Waals surface area contributed by atoms with E-state index in [9.17, 15) is 24.3 Å². The second kappa shape index (κ2) is 16.2. The summed E-state index contributed by atoms with van der Waals surface area (Å²) in [6.07, 6.45) is -0.226. The standard InChI is InChI=1S/C43H45N5O8/c49-26-29-11-13-31(14-12-29)37-23-35(25-46-21-19-43(20-22-46)41(52)44-28-47(43)33-9-5-2-6-10-33)55-40(56-37)32-15-17-34(18-16-32)48-38(50)24-36(39(48)51)45-42(53)54-27-30-7-3-1-4-8-30/h1-18,35-37,40,49H,19-28H2,(H,44,52)(H,45,53)/t35-,36?,37+,40+/m1/s1. The largest absolute Gasteiger partial charge is 0.445 e. The lowest BCUT2D eigenvalue weighted by molar-refractivity contribution is -0.253. The van der Waals surface area contributed by atoms with Crippen LogP contribution in [0.4, 0.5) is 16.2 Å². The monoisotopic (exact) mass is 759 g/mol. The normalized spacial score (nSPS) is 23.7. The highest BCUT2D eigenvalue weighted by Crippen LogP contribution is 2.40. The fourth-order valence-electron chi connectivity index (χ4n) is 8.16. The molecule has 1 unspecified atom stereocenters. The number of ether oxygens (including phenoxy) is 3. The first kappa shape index (κ1) is 37.3. The number of hydrogen-bond acceptors (Lipinski definition) is 10. The number of amides is 4. The predicted molar refractivity (Wildman–Crippen MR) is 206 cm³/mol. The highest BCUT2D eigenvalue weighted by molar-refractivity contribution is 6.22. The Morgan fingerprint density at radius 1 is 0.821 bits per heavy atom. The molecule has 0 aliphatic carbocycles. The number of para-hydroxylation sites is 1. The van der Waals surface area contributed by atoms with E-state index in [2.05, 4.69) is 20.4 Å². The second-order valence-electron chi connectivity index (χ2n) is 14.7. The molecule has 0 aromatic heterocycles. The predicted octanol–water partition coefficient (Wildman–Crippen LogP) is 4.71. The van der Waals surface area contributed by atoms with Crippen LogP contribution < -0.4 is 20.4 Å². The number of hydrogen-bond donors (Lipinski definition) is 3. The van der Waals surface area contributed by atoms with Gasteiger partial charge < -0.3 is 39.8 Å². The van der Waals surface area contributed by atoms with Crippen molar-refractivity contribution < 1.29 is 38.5 Å². The van der Waals surface area contributed by atoms with E-state index in [1.165, 1.54) is 0 Å². The lowest BCUT2D eigenvalue weighted by Crippen LogP contribution is -2.57. The summed E-state index contributed by atoms with van der Waals surface area (Å²) in [5, 5.41) is 15.2. The van der Waals surface area contributed by atoms with Gasteiger partial charge in [0, 0.05) is 37.3 Å². The Bertz CT molecular complexity index is 2020. The highest BCUT2D eigenvalue weighted by atomic mass is 16.7. The van der Waals surface area contributed by atoms with E-state index in [4.69, 9.17) is 14.2 Å². The Kier molecular flexibility index (Phi) is 10.8. The molecule has 8 rings (SSSR count). The Hall–Kier alpha value is -5.60. The van der Waals surface area contributed by atoms with Crippen LogP contribution in [0.3, 0.4) is 0 Å². The van der Waals surface area contributed by atoms with Crippen molar-refractivity contribution in [3.63, 3.8) is 0 Å². The summed E-state index contributed by atoms with van der Waals surface area (Å²) in [6.45, 7) is 2.57. The van der Waals surface area contributed by atoms with Gasteiger partial charge in [0.2, 0.25) is 11.8 Å². The Labute approximate surface area is 325 Å². The number of rotatable bonds is 10. The highest BCUT2D eigenvalue weighted by Gasteiger charge is 2.50. The first-order chi connectivity index (χ1) is 27.3. The van der Waals surface area contributed by atoms with Crippen molar-refractivity contribution in [1.82, 2.24) is 15.5 Å². The number of anilines is 2. The number of piperidine rings is 1. The maximum atomic E-state index is 13.3. The van der Waals surface area contributed by atoms with Crippen molar-refractivity contribution in [2.45, 2.75) is 69.0 Å². The van der Waals surface area contributed by atoms with Gasteiger partial charge in [-0.25, -0.2) is 9.69 Å². The summed E-state index contributed by atoms with van der Waals surface area (Å²) in [7, 11) is 0. The molecule has 0 bridgehead atoms. The van der Waals surface area contributed by atoms with Gasteiger partial charge >= 0.3 is 6.09 Å². The Morgan fingerprint density at radius 3 is 2.20 bits per heavy atom. The molecule has 1 spiro atoms. The summed E-state index contributed by atoms with van der Waals surface area (Å²) < 4.78 is 18.4. The van der Waals surface area contributed by atoms with Crippen molar-refractivity contribution in [3.05, 3.63) is 131 Å². The molecule has 4 amide bonds. The lowest BCUT2D eigenvalue weighted by Gasteiger charge is -2.45. The van der Waals surface area contributed by atoms with Gasteiger partial charge in [-0.05, 0) is 53.8 Å². The number of nitrogens with one attached hydrogen (secondary N) is 2. The summed E-state index contributed by atoms with van der Waals surface area (Å²) in [4.78, 5) is 57.7. The van der Waals surface area contributed by atoms with Crippen LogP contribution in [0.1, 0.15) is 60.3 Å². The van der Waals surface area contributed by atoms with Gasteiger partial charge in [0.15, 0.2) is 6.29 Å². The molecule has 4 fully saturated rings. The molecule has 4 saturated heterocycles. The summed E-state index contributed by atoms with van der Waals surface area (Å²) in [5.74, 6) is -0.900. The van der Waals surface area contributed by atoms with E-state index in [0.29, 0.717) is 43.7 Å². The first-order valence-corrected chi connectivity index (χ1v) is 19.1. The number of aliphatic hydroxyl groups is 1. The fourth-order valence-corrected chi connectivity index (χ4v) is 8.16. The number of likely N-dealkylation sites (tertiary alicyclic amines) is 1. The van der Waals surface area contributed by atoms with Gasteiger partial charge in [0.1, 0.15) is 18.2 Å². The average Bonchev–Trinajstić information content (AvgIpc) is 3.70. The summed E-state index contributed by atoms with van der Waals surface area (Å²) >= 11 is 0. The molecule has 290 valence electrons. The molecule has 0 saturated carbocycles. The Morgan fingerprint density at radius 2 is 1.50 bits per heavy atom. The molecular formula is C43H45N5O8. The molecular weight excluding hydrogens is 715 g/mol. The molecule has 3 N–H and O–H groups in total. The van der Waals surface area contributed by atoms with E-state index < -0.39 is 35.8 Å². The number of nitrogens with zero attached hydrogens (tertiary/aromatic N) is 3. The van der Waals surface area contributed by atoms with Gasteiger partial charge in [-0.2, -0.15) is 0 Å². The minimum absolute atomic E-state index is 0.0403. The molecule has 4 heterocycles. The van der Waals surface area contributed by atoms with Gasteiger partial charge in [0.25, 0.3) is 5.91 Å². The number of carbonyl (C=O) groups is 4. The molecule has 13 heteroatoms. The van der Waals surface area contributed by atoms with Crippen molar-refractivity contribution in [2.75, 3.05) is 36.1 Å². The minimum Gasteiger partial charge on any atom is -0.445 e. The quantitative estimate of drug-likeness (QED) is 0.194. The lowest BCUT2D eigenvalue weighted by atomic mass is 9.85. The third-order valence-corrected chi connectivity index (χ3v) is 11.2. The van der Waals surface area contributed by atoms with Crippen molar-refractivity contribution in [3.8, 4) is 0 Å². The maximum absolute atomic E-state index is 13.3. The molecule has 13 nitrogen and oxygen atoms in total. The van der Waals surface area contributed by atoms with Crippen LogP contribution in [0.5, 0.6) is 0 Å². The smallest absolute Gasteiger partial charge is 0.408 e. The second-order valence-corrected chi connectivity index (χ2v) is 14.7. The zero-order chi connectivity index (χ0) is 38.6.